The van der Waals surface area contributed by atoms with Gasteiger partial charge in [0.2, 0.25) is 0 Å². The van der Waals surface area contributed by atoms with Crippen LogP contribution in [0.4, 0.5) is 5.13 Å². The van der Waals surface area contributed by atoms with Crippen LogP contribution in [0.25, 0.3) is 0 Å². The number of nitrogens with zero attached hydrogens (tertiary/aromatic N) is 1. The normalized spacial score (nSPS) is 10.3. The summed E-state index contributed by atoms with van der Waals surface area (Å²) in [6, 6.07) is 0. The lowest BCUT2D eigenvalue weighted by Crippen LogP contribution is -2.05. The molecule has 0 fully saturated rings. The number of hydrazine groups is 1. The van der Waals surface area contributed by atoms with Gasteiger partial charge in [-0.15, -0.1) is 11.3 Å². The molecule has 1 heterocycles. The highest BCUT2D eigenvalue weighted by Crippen LogP contribution is 2.21. The second-order valence-electron chi connectivity index (χ2n) is 2.32. The summed E-state index contributed by atoms with van der Waals surface area (Å²) in [5.41, 5.74) is 2.52. The molecule has 0 aromatic carbocycles. The van der Waals surface area contributed by atoms with Crippen LogP contribution in [0.2, 0.25) is 0 Å². The van der Waals surface area contributed by atoms with Crippen molar-refractivity contribution in [1.82, 2.24) is 4.98 Å². The predicted octanol–water partition coefficient (Wildman–Crippen LogP) is 1.31. The summed E-state index contributed by atoms with van der Waals surface area (Å²) in [7, 11) is 1.71. The molecule has 0 spiro atoms. The molecule has 1 rings (SSSR count). The fraction of sp³-hybridized carbons (Fsp3) is 0.571. The molecule has 0 aliphatic carbocycles. The number of rotatable bonds is 6. The van der Waals surface area contributed by atoms with E-state index in [4.69, 9.17) is 10.6 Å². The number of nitrogens with one attached hydrogen (secondary N) is 1. The van der Waals surface area contributed by atoms with Gasteiger partial charge in [-0.1, -0.05) is 0 Å². The van der Waals surface area contributed by atoms with E-state index in [0.717, 1.165) is 23.2 Å². The van der Waals surface area contributed by atoms with Crippen molar-refractivity contribution >= 4 is 28.2 Å². The lowest BCUT2D eigenvalue weighted by atomic mass is 10.6. The molecule has 0 bridgehead atoms. The van der Waals surface area contributed by atoms with Crippen LogP contribution in [-0.2, 0) is 10.5 Å². The van der Waals surface area contributed by atoms with E-state index in [1.165, 1.54) is 4.88 Å². The van der Waals surface area contributed by atoms with Crippen molar-refractivity contribution < 1.29 is 4.74 Å². The maximum Gasteiger partial charge on any atom is 0.197 e. The van der Waals surface area contributed by atoms with Crippen molar-refractivity contribution in [3.63, 3.8) is 0 Å². The average Bonchev–Trinajstić information content (AvgIpc) is 2.60. The summed E-state index contributed by atoms with van der Waals surface area (Å²) in [5, 5.41) is 0.766. The third-order valence-corrected chi connectivity index (χ3v) is 3.43. The molecule has 0 aliphatic heterocycles. The maximum absolute atomic E-state index is 5.21. The van der Waals surface area contributed by atoms with Gasteiger partial charge < -0.3 is 4.74 Å². The SMILES string of the molecule is COCCSCc1cnc(NN)s1. The van der Waals surface area contributed by atoms with Crippen LogP contribution in [0.5, 0.6) is 0 Å². The first-order valence-corrected chi connectivity index (χ1v) is 5.82. The fourth-order valence-corrected chi connectivity index (χ4v) is 2.46. The Hall–Kier alpha value is -0.300. The van der Waals surface area contributed by atoms with E-state index in [2.05, 4.69) is 10.4 Å². The number of aromatic nitrogens is 1. The van der Waals surface area contributed by atoms with Crippen molar-refractivity contribution in [2.75, 3.05) is 24.9 Å². The van der Waals surface area contributed by atoms with E-state index in [1.807, 2.05) is 18.0 Å². The Bertz CT molecular complexity index is 241. The maximum atomic E-state index is 5.21. The van der Waals surface area contributed by atoms with Crippen molar-refractivity contribution in [1.29, 1.82) is 0 Å². The lowest BCUT2D eigenvalue weighted by Gasteiger charge is -1.96. The summed E-state index contributed by atoms with van der Waals surface area (Å²) >= 11 is 3.41. The summed E-state index contributed by atoms with van der Waals surface area (Å²) in [4.78, 5) is 5.30. The fourth-order valence-electron chi connectivity index (χ4n) is 0.756. The minimum atomic E-state index is 0.766. The highest BCUT2D eigenvalue weighted by molar-refractivity contribution is 7.98. The number of thiazole rings is 1. The molecule has 74 valence electrons. The number of methoxy groups -OCH3 is 1. The Morgan fingerprint density at radius 2 is 2.62 bits per heavy atom. The summed E-state index contributed by atoms with van der Waals surface area (Å²) in [5.74, 6) is 7.20. The van der Waals surface area contributed by atoms with Gasteiger partial charge in [0.15, 0.2) is 5.13 Å². The number of anilines is 1. The van der Waals surface area contributed by atoms with E-state index in [1.54, 1.807) is 18.4 Å². The van der Waals surface area contributed by atoms with Crippen LogP contribution in [0, 0.1) is 0 Å². The monoisotopic (exact) mass is 219 g/mol. The van der Waals surface area contributed by atoms with Gasteiger partial charge in [0.1, 0.15) is 0 Å². The number of ether oxygens (including phenoxy) is 1. The van der Waals surface area contributed by atoms with E-state index in [-0.39, 0.29) is 0 Å². The summed E-state index contributed by atoms with van der Waals surface area (Å²) in [6.45, 7) is 0.797. The lowest BCUT2D eigenvalue weighted by molar-refractivity contribution is 0.218. The van der Waals surface area contributed by atoms with E-state index >= 15 is 0 Å². The molecule has 3 N–H and O–H groups in total. The molecule has 0 saturated heterocycles. The first-order chi connectivity index (χ1) is 6.36. The number of nitrogen functional groups attached to an aromatic ring is 1. The Morgan fingerprint density at radius 3 is 3.23 bits per heavy atom. The summed E-state index contributed by atoms with van der Waals surface area (Å²) < 4.78 is 4.94. The van der Waals surface area contributed by atoms with E-state index in [9.17, 15) is 0 Å². The van der Waals surface area contributed by atoms with Gasteiger partial charge in [0, 0.05) is 29.7 Å². The van der Waals surface area contributed by atoms with Crippen LogP contribution < -0.4 is 11.3 Å². The molecule has 0 radical (unpaired) electrons. The molecule has 0 atom stereocenters. The Labute approximate surface area is 85.8 Å². The van der Waals surface area contributed by atoms with Crippen molar-refractivity contribution in [2.24, 2.45) is 5.84 Å². The zero-order chi connectivity index (χ0) is 9.52. The van der Waals surface area contributed by atoms with Gasteiger partial charge in [-0.25, -0.2) is 10.8 Å². The number of hydrogen-bond acceptors (Lipinski definition) is 6. The second kappa shape index (κ2) is 6.20. The predicted molar refractivity (Wildman–Crippen MR) is 58.0 cm³/mol. The molecule has 1 aromatic rings. The molecule has 0 unspecified atom stereocenters. The smallest absolute Gasteiger partial charge is 0.197 e. The van der Waals surface area contributed by atoms with Crippen LogP contribution in [0.15, 0.2) is 6.20 Å². The van der Waals surface area contributed by atoms with Gasteiger partial charge in [-0.3, -0.25) is 5.43 Å². The van der Waals surface area contributed by atoms with Crippen LogP contribution >= 0.6 is 23.1 Å². The molecule has 0 aliphatic rings. The van der Waals surface area contributed by atoms with Gasteiger partial charge >= 0.3 is 0 Å². The largest absolute Gasteiger partial charge is 0.384 e. The summed E-state index contributed by atoms with van der Waals surface area (Å²) in [6.07, 6.45) is 1.85. The Kier molecular flexibility index (Phi) is 5.14. The van der Waals surface area contributed by atoms with Crippen LogP contribution in [0.3, 0.4) is 0 Å². The Balaban J connectivity index is 2.20. The first kappa shape index (κ1) is 10.8. The van der Waals surface area contributed by atoms with E-state index in [0.29, 0.717) is 0 Å². The van der Waals surface area contributed by atoms with Gasteiger partial charge in [-0.05, 0) is 0 Å². The Morgan fingerprint density at radius 1 is 1.77 bits per heavy atom. The average molecular weight is 219 g/mol. The van der Waals surface area contributed by atoms with Crippen molar-refractivity contribution in [3.8, 4) is 0 Å². The highest BCUT2D eigenvalue weighted by atomic mass is 32.2. The highest BCUT2D eigenvalue weighted by Gasteiger charge is 1.99. The zero-order valence-corrected chi connectivity index (χ0v) is 9.08. The topological polar surface area (TPSA) is 60.2 Å². The van der Waals surface area contributed by atoms with Gasteiger partial charge in [-0.2, -0.15) is 11.8 Å². The molecule has 0 saturated carbocycles. The molecular formula is C7H13N3OS2. The molecule has 4 nitrogen and oxygen atoms in total. The minimum Gasteiger partial charge on any atom is -0.384 e. The first-order valence-electron chi connectivity index (χ1n) is 3.85. The van der Waals surface area contributed by atoms with Crippen molar-refractivity contribution in [3.05, 3.63) is 11.1 Å². The number of nitrogens with two attached hydrogens (primary N) is 1. The molecule has 6 heteroatoms. The minimum absolute atomic E-state index is 0.766. The molecule has 0 amide bonds. The van der Waals surface area contributed by atoms with Crippen molar-refractivity contribution in [2.45, 2.75) is 5.75 Å². The van der Waals surface area contributed by atoms with Gasteiger partial charge in [0.05, 0.1) is 6.61 Å². The van der Waals surface area contributed by atoms with E-state index < -0.39 is 0 Å². The number of hydrogen-bond donors (Lipinski definition) is 2. The van der Waals surface area contributed by atoms with Gasteiger partial charge in [0.25, 0.3) is 0 Å². The van der Waals surface area contributed by atoms with Crippen LogP contribution in [-0.4, -0.2) is 24.5 Å². The molecule has 13 heavy (non-hydrogen) atoms. The quantitative estimate of drug-likeness (QED) is 0.429. The molecular weight excluding hydrogens is 206 g/mol. The molecule has 1 aromatic heterocycles. The standard InChI is InChI=1S/C7H13N3OS2/c1-11-2-3-12-5-6-4-9-7(10-8)13-6/h4H,2-3,5,8H2,1H3,(H,9,10). The third kappa shape index (κ3) is 3.95. The third-order valence-electron chi connectivity index (χ3n) is 1.35. The second-order valence-corrected chi connectivity index (χ2v) is 4.54. The van der Waals surface area contributed by atoms with Crippen LogP contribution in [0.1, 0.15) is 4.88 Å². The number of thioether (sulfide) groups is 1. The zero-order valence-electron chi connectivity index (χ0n) is 7.45.